The van der Waals surface area contributed by atoms with Crippen molar-refractivity contribution in [1.29, 1.82) is 0 Å². The van der Waals surface area contributed by atoms with Crippen molar-refractivity contribution in [3.8, 4) is 11.4 Å². The van der Waals surface area contributed by atoms with Gasteiger partial charge in [-0.05, 0) is 55.2 Å². The molecule has 1 aromatic heterocycles. The molecule has 1 amide bonds. The van der Waals surface area contributed by atoms with Crippen LogP contribution in [0.2, 0.25) is 0 Å². The van der Waals surface area contributed by atoms with Crippen LogP contribution < -0.4 is 4.90 Å². The van der Waals surface area contributed by atoms with Gasteiger partial charge in [-0.15, -0.1) is 0 Å². The van der Waals surface area contributed by atoms with Gasteiger partial charge in [-0.1, -0.05) is 30.3 Å². The van der Waals surface area contributed by atoms with E-state index in [1.165, 1.54) is 0 Å². The number of carbonyl (C=O) groups excluding carboxylic acids is 1. The Morgan fingerprint density at radius 2 is 1.70 bits per heavy atom. The van der Waals surface area contributed by atoms with Crippen molar-refractivity contribution in [2.75, 3.05) is 24.5 Å². The highest BCUT2D eigenvalue weighted by Gasteiger charge is 2.35. The van der Waals surface area contributed by atoms with Gasteiger partial charge in [-0.3, -0.25) is 4.79 Å². The Morgan fingerprint density at radius 3 is 2.39 bits per heavy atom. The van der Waals surface area contributed by atoms with Crippen molar-refractivity contribution in [3.05, 3.63) is 60.5 Å². The summed E-state index contributed by atoms with van der Waals surface area (Å²) < 4.78 is 32.9. The number of hydrogen-bond acceptors (Lipinski definition) is 6. The molecule has 2 aromatic carbocycles. The largest absolute Gasteiger partial charge is 0.339 e. The number of benzene rings is 2. The predicted octanol–water partition coefficient (Wildman–Crippen LogP) is 3.68. The normalized spacial score (nSPS) is 20.5. The topological polar surface area (TPSA) is 96.6 Å². The zero-order valence-electron chi connectivity index (χ0n) is 18.4. The second kappa shape index (κ2) is 8.72. The van der Waals surface area contributed by atoms with Gasteiger partial charge in [0, 0.05) is 37.3 Å². The van der Waals surface area contributed by atoms with Crippen LogP contribution in [-0.4, -0.2) is 48.4 Å². The number of aromatic nitrogens is 2. The summed E-state index contributed by atoms with van der Waals surface area (Å²) >= 11 is 0. The van der Waals surface area contributed by atoms with Gasteiger partial charge in [0.25, 0.3) is 0 Å². The Kier molecular flexibility index (Phi) is 5.76. The zero-order chi connectivity index (χ0) is 23.0. The summed E-state index contributed by atoms with van der Waals surface area (Å²) in [4.78, 5) is 19.0. The van der Waals surface area contributed by atoms with Crippen molar-refractivity contribution in [2.45, 2.75) is 37.0 Å². The van der Waals surface area contributed by atoms with Gasteiger partial charge < -0.3 is 9.42 Å². The summed E-state index contributed by atoms with van der Waals surface area (Å²) in [6.45, 7) is 3.74. The summed E-state index contributed by atoms with van der Waals surface area (Å²) in [6.07, 6.45) is 2.07. The fourth-order valence-electron chi connectivity index (χ4n) is 4.40. The van der Waals surface area contributed by atoms with Gasteiger partial charge in [-0.2, -0.15) is 9.29 Å². The van der Waals surface area contributed by atoms with E-state index in [4.69, 9.17) is 4.52 Å². The molecular formula is C24H26N4O4S. The van der Waals surface area contributed by atoms with E-state index in [0.717, 1.165) is 18.5 Å². The van der Waals surface area contributed by atoms with Crippen LogP contribution in [-0.2, 0) is 14.8 Å². The molecule has 2 saturated heterocycles. The molecular weight excluding hydrogens is 440 g/mol. The van der Waals surface area contributed by atoms with E-state index in [9.17, 15) is 13.2 Å². The standard InChI is InChI=1S/C24H26N4O4S/c1-17-11-13-27(14-12-17)33(30,31)21-9-7-18(8-10-21)23-25-24(32-26-23)19-15-22(29)28(16-19)20-5-3-2-4-6-20/h2-10,17,19H,11-16H2,1H3/t19-/m0/s1. The Labute approximate surface area is 193 Å². The van der Waals surface area contributed by atoms with E-state index < -0.39 is 10.0 Å². The lowest BCUT2D eigenvalue weighted by Crippen LogP contribution is -2.37. The third kappa shape index (κ3) is 4.30. The number of carbonyl (C=O) groups is 1. The van der Waals surface area contributed by atoms with Crippen LogP contribution in [0.15, 0.2) is 64.0 Å². The number of piperidine rings is 1. The minimum Gasteiger partial charge on any atom is -0.339 e. The molecule has 172 valence electrons. The summed E-state index contributed by atoms with van der Waals surface area (Å²) in [5, 5.41) is 4.07. The molecule has 0 N–H and O–H groups in total. The minimum atomic E-state index is -3.50. The smallest absolute Gasteiger partial charge is 0.243 e. The number of sulfonamides is 1. The van der Waals surface area contributed by atoms with Gasteiger partial charge in [0.1, 0.15) is 0 Å². The van der Waals surface area contributed by atoms with E-state index in [2.05, 4.69) is 17.1 Å². The molecule has 0 radical (unpaired) electrons. The third-order valence-corrected chi connectivity index (χ3v) is 8.39. The van der Waals surface area contributed by atoms with Crippen molar-refractivity contribution < 1.29 is 17.7 Å². The average molecular weight is 467 g/mol. The number of hydrogen-bond donors (Lipinski definition) is 0. The Balaban J connectivity index is 1.30. The van der Waals surface area contributed by atoms with Crippen LogP contribution in [0.5, 0.6) is 0 Å². The average Bonchev–Trinajstić information content (AvgIpc) is 3.47. The first-order valence-corrected chi connectivity index (χ1v) is 12.7. The molecule has 33 heavy (non-hydrogen) atoms. The molecule has 2 aliphatic heterocycles. The number of nitrogens with zero attached hydrogens (tertiary/aromatic N) is 4. The summed E-state index contributed by atoms with van der Waals surface area (Å²) in [6, 6.07) is 16.1. The molecule has 1 atom stereocenters. The highest BCUT2D eigenvalue weighted by atomic mass is 32.2. The maximum absolute atomic E-state index is 12.9. The molecule has 2 aliphatic rings. The number of para-hydroxylation sites is 1. The molecule has 5 rings (SSSR count). The molecule has 0 saturated carbocycles. The lowest BCUT2D eigenvalue weighted by atomic mass is 10.0. The molecule has 3 heterocycles. The number of amides is 1. The van der Waals surface area contributed by atoms with Gasteiger partial charge in [0.05, 0.1) is 10.8 Å². The first kappa shape index (κ1) is 21.8. The second-order valence-corrected chi connectivity index (χ2v) is 10.7. The van der Waals surface area contributed by atoms with Crippen LogP contribution in [0, 0.1) is 5.92 Å². The van der Waals surface area contributed by atoms with Gasteiger partial charge in [0.2, 0.25) is 27.6 Å². The quantitative estimate of drug-likeness (QED) is 0.569. The van der Waals surface area contributed by atoms with E-state index >= 15 is 0 Å². The summed E-state index contributed by atoms with van der Waals surface area (Å²) in [7, 11) is -3.50. The first-order valence-electron chi connectivity index (χ1n) is 11.2. The van der Waals surface area contributed by atoms with E-state index in [-0.39, 0.29) is 16.7 Å². The van der Waals surface area contributed by atoms with Gasteiger partial charge in [-0.25, -0.2) is 8.42 Å². The van der Waals surface area contributed by atoms with Crippen LogP contribution in [0.1, 0.15) is 38.0 Å². The monoisotopic (exact) mass is 466 g/mol. The third-order valence-electron chi connectivity index (χ3n) is 6.48. The lowest BCUT2D eigenvalue weighted by molar-refractivity contribution is -0.117. The highest BCUT2D eigenvalue weighted by Crippen LogP contribution is 2.32. The van der Waals surface area contributed by atoms with Gasteiger partial charge in [0.15, 0.2) is 0 Å². The van der Waals surface area contributed by atoms with E-state index in [0.29, 0.717) is 49.3 Å². The maximum Gasteiger partial charge on any atom is 0.243 e. The molecule has 3 aromatic rings. The van der Waals surface area contributed by atoms with Gasteiger partial charge >= 0.3 is 0 Å². The minimum absolute atomic E-state index is 0.0209. The van der Waals surface area contributed by atoms with E-state index in [1.807, 2.05) is 30.3 Å². The lowest BCUT2D eigenvalue weighted by Gasteiger charge is -2.29. The van der Waals surface area contributed by atoms with Crippen LogP contribution in [0.3, 0.4) is 0 Å². The summed E-state index contributed by atoms with van der Waals surface area (Å²) in [5.74, 6) is 1.19. The van der Waals surface area contributed by atoms with Crippen molar-refractivity contribution >= 4 is 21.6 Å². The van der Waals surface area contributed by atoms with Crippen molar-refractivity contribution in [3.63, 3.8) is 0 Å². The van der Waals surface area contributed by atoms with Crippen molar-refractivity contribution in [1.82, 2.24) is 14.4 Å². The van der Waals surface area contributed by atoms with Crippen LogP contribution >= 0.6 is 0 Å². The molecule has 8 nitrogen and oxygen atoms in total. The number of rotatable bonds is 5. The molecule has 0 spiro atoms. The maximum atomic E-state index is 12.9. The molecule has 0 aliphatic carbocycles. The second-order valence-electron chi connectivity index (χ2n) is 8.81. The van der Waals surface area contributed by atoms with Crippen LogP contribution in [0.4, 0.5) is 5.69 Å². The Hall–Kier alpha value is -3.04. The van der Waals surface area contributed by atoms with Crippen LogP contribution in [0.25, 0.3) is 11.4 Å². The Morgan fingerprint density at radius 1 is 1.00 bits per heavy atom. The van der Waals surface area contributed by atoms with E-state index in [1.54, 1.807) is 33.5 Å². The first-order chi connectivity index (χ1) is 15.9. The number of anilines is 1. The molecule has 2 fully saturated rings. The SMILES string of the molecule is CC1CCN(S(=O)(=O)c2ccc(-c3noc([C@H]4CC(=O)N(c5ccccc5)C4)n3)cc2)CC1. The Bertz CT molecular complexity index is 1230. The van der Waals surface area contributed by atoms with Crippen molar-refractivity contribution in [2.24, 2.45) is 5.92 Å². The molecule has 9 heteroatoms. The fraction of sp³-hybridized carbons (Fsp3) is 0.375. The summed E-state index contributed by atoms with van der Waals surface area (Å²) in [5.41, 5.74) is 1.52. The molecule has 0 bridgehead atoms. The highest BCUT2D eigenvalue weighted by molar-refractivity contribution is 7.89. The fourth-order valence-corrected chi connectivity index (χ4v) is 5.87. The zero-order valence-corrected chi connectivity index (χ0v) is 19.2. The predicted molar refractivity (Wildman–Crippen MR) is 123 cm³/mol. The molecule has 0 unspecified atom stereocenters.